The summed E-state index contributed by atoms with van der Waals surface area (Å²) in [5, 5.41) is 7.37. The number of piperidine rings is 1. The average molecular weight is 465 g/mol. The summed E-state index contributed by atoms with van der Waals surface area (Å²) in [6.45, 7) is 12.2. The Hall–Kier alpha value is -2.35. The third-order valence-corrected chi connectivity index (χ3v) is 6.36. The summed E-state index contributed by atoms with van der Waals surface area (Å²) < 4.78 is 40.7. The number of amides is 1. The molecule has 1 aliphatic heterocycles. The van der Waals surface area contributed by atoms with Gasteiger partial charge in [0.15, 0.2) is 0 Å². The van der Waals surface area contributed by atoms with E-state index in [0.29, 0.717) is 23.6 Å². The summed E-state index contributed by atoms with van der Waals surface area (Å²) in [7, 11) is 0. The number of aromatic nitrogens is 2. The van der Waals surface area contributed by atoms with Crippen molar-refractivity contribution in [2.45, 2.75) is 59.6 Å². The number of nitrogens with one attached hydrogen (secondary N) is 1. The Bertz CT molecular complexity index is 944. The van der Waals surface area contributed by atoms with Crippen LogP contribution in [0.15, 0.2) is 24.3 Å². The lowest BCUT2D eigenvalue weighted by Gasteiger charge is -2.34. The monoisotopic (exact) mass is 464 g/mol. The number of hydrogen-bond donors (Lipinski definition) is 1. The van der Waals surface area contributed by atoms with Gasteiger partial charge in [-0.25, -0.2) is 4.68 Å². The topological polar surface area (TPSA) is 50.2 Å². The second kappa shape index (κ2) is 10.7. The van der Waals surface area contributed by atoms with Gasteiger partial charge in [0.05, 0.1) is 23.4 Å². The van der Waals surface area contributed by atoms with Gasteiger partial charge < -0.3 is 10.2 Å². The van der Waals surface area contributed by atoms with E-state index in [0.717, 1.165) is 62.0 Å². The minimum absolute atomic E-state index is 0.0926. The van der Waals surface area contributed by atoms with Gasteiger partial charge in [0.1, 0.15) is 0 Å². The predicted molar refractivity (Wildman–Crippen MR) is 123 cm³/mol. The van der Waals surface area contributed by atoms with Crippen LogP contribution in [0.5, 0.6) is 0 Å². The summed E-state index contributed by atoms with van der Waals surface area (Å²) in [6, 6.07) is 5.07. The molecule has 1 aromatic carbocycles. The fraction of sp³-hybridized carbons (Fsp3) is 0.600. The van der Waals surface area contributed by atoms with E-state index in [-0.39, 0.29) is 12.3 Å². The van der Waals surface area contributed by atoms with Crippen molar-refractivity contribution in [3.05, 3.63) is 46.8 Å². The Kier molecular flexibility index (Phi) is 8.21. The maximum atomic E-state index is 13.1. The Labute approximate surface area is 194 Å². The Morgan fingerprint density at radius 3 is 2.52 bits per heavy atom. The zero-order valence-electron chi connectivity index (χ0n) is 20.0. The van der Waals surface area contributed by atoms with Crippen molar-refractivity contribution in [1.82, 2.24) is 20.0 Å². The maximum Gasteiger partial charge on any atom is 0.416 e. The van der Waals surface area contributed by atoms with Crippen molar-refractivity contribution in [1.29, 1.82) is 0 Å². The number of likely N-dealkylation sites (tertiary alicyclic amines) is 1. The molecule has 0 radical (unpaired) electrons. The number of hydrogen-bond acceptors (Lipinski definition) is 3. The second-order valence-corrected chi connectivity index (χ2v) is 9.55. The lowest BCUT2D eigenvalue weighted by molar-refractivity contribution is -0.137. The van der Waals surface area contributed by atoms with Crippen LogP contribution in [-0.4, -0.2) is 46.8 Å². The predicted octanol–water partition coefficient (Wildman–Crippen LogP) is 4.92. The molecule has 2 unspecified atom stereocenters. The smallest absolute Gasteiger partial charge is 0.356 e. The summed E-state index contributed by atoms with van der Waals surface area (Å²) in [5.41, 5.74) is 1.68. The number of carbonyl (C=O) groups excluding carboxylic acids is 1. The third-order valence-electron chi connectivity index (χ3n) is 6.36. The molecule has 182 valence electrons. The number of aryl methyl sites for hydroxylation is 1. The number of rotatable bonds is 8. The number of alkyl halides is 3. The first-order valence-electron chi connectivity index (χ1n) is 11.8. The van der Waals surface area contributed by atoms with Gasteiger partial charge in [-0.1, -0.05) is 19.9 Å². The molecule has 0 spiro atoms. The van der Waals surface area contributed by atoms with Crippen LogP contribution in [0.2, 0.25) is 0 Å². The Balaban J connectivity index is 1.51. The molecule has 0 saturated carbocycles. The molecule has 1 aliphatic rings. The van der Waals surface area contributed by atoms with E-state index < -0.39 is 11.7 Å². The summed E-state index contributed by atoms with van der Waals surface area (Å²) >= 11 is 0. The molecule has 33 heavy (non-hydrogen) atoms. The van der Waals surface area contributed by atoms with Crippen LogP contribution >= 0.6 is 0 Å². The number of nitrogens with zero attached hydrogens (tertiary/aromatic N) is 3. The Morgan fingerprint density at radius 2 is 1.85 bits per heavy atom. The van der Waals surface area contributed by atoms with E-state index in [4.69, 9.17) is 0 Å². The van der Waals surface area contributed by atoms with Gasteiger partial charge in [-0.2, -0.15) is 18.3 Å². The van der Waals surface area contributed by atoms with Crippen molar-refractivity contribution < 1.29 is 18.0 Å². The highest BCUT2D eigenvalue weighted by Gasteiger charge is 2.31. The molecule has 0 aliphatic carbocycles. The van der Waals surface area contributed by atoms with Gasteiger partial charge in [-0.3, -0.25) is 4.79 Å². The van der Waals surface area contributed by atoms with E-state index in [1.54, 1.807) is 19.9 Å². The van der Waals surface area contributed by atoms with Crippen molar-refractivity contribution in [2.24, 2.45) is 11.8 Å². The van der Waals surface area contributed by atoms with Crippen molar-refractivity contribution in [3.63, 3.8) is 0 Å². The lowest BCUT2D eigenvalue weighted by atomic mass is 9.92. The van der Waals surface area contributed by atoms with Crippen LogP contribution in [0.25, 0.3) is 5.69 Å². The first-order chi connectivity index (χ1) is 15.5. The second-order valence-electron chi connectivity index (χ2n) is 9.55. The molecule has 3 rings (SSSR count). The summed E-state index contributed by atoms with van der Waals surface area (Å²) in [6.07, 6.45) is -0.982. The largest absolute Gasteiger partial charge is 0.416 e. The van der Waals surface area contributed by atoms with E-state index in [1.807, 2.05) is 0 Å². The molecule has 5 nitrogen and oxygen atoms in total. The van der Waals surface area contributed by atoms with Crippen LogP contribution in [0.1, 0.15) is 55.6 Å². The first-order valence-corrected chi connectivity index (χ1v) is 11.8. The fourth-order valence-electron chi connectivity index (χ4n) is 4.88. The number of benzene rings is 1. The van der Waals surface area contributed by atoms with Crippen LogP contribution < -0.4 is 5.32 Å². The van der Waals surface area contributed by atoms with E-state index >= 15 is 0 Å². The molecule has 2 aromatic rings. The van der Waals surface area contributed by atoms with Crippen LogP contribution in [0, 0.1) is 25.7 Å². The standard InChI is InChI=1S/C25H35F3N4O/c1-17-12-18(2)16-31(15-17)11-6-5-10-29-24(33)14-23-19(3)30-32(20(23)4)22-9-7-8-21(13-22)25(26,27)28/h7-9,13,17-18H,5-6,10-12,14-16H2,1-4H3,(H,29,33). The molecular formula is C25H35F3N4O. The molecule has 2 heterocycles. The highest BCUT2D eigenvalue weighted by atomic mass is 19.4. The van der Waals surface area contributed by atoms with E-state index in [1.165, 1.54) is 17.2 Å². The van der Waals surface area contributed by atoms with Crippen LogP contribution in [0.3, 0.4) is 0 Å². The highest BCUT2D eigenvalue weighted by Crippen LogP contribution is 2.31. The van der Waals surface area contributed by atoms with Crippen molar-refractivity contribution in [2.75, 3.05) is 26.2 Å². The normalized spacial score (nSPS) is 19.6. The summed E-state index contributed by atoms with van der Waals surface area (Å²) in [4.78, 5) is 15.0. The quantitative estimate of drug-likeness (QED) is 0.564. The van der Waals surface area contributed by atoms with Gasteiger partial charge >= 0.3 is 6.18 Å². The van der Waals surface area contributed by atoms with E-state index in [2.05, 4.69) is 29.2 Å². The minimum Gasteiger partial charge on any atom is -0.356 e. The maximum absolute atomic E-state index is 13.1. The van der Waals surface area contributed by atoms with Crippen LogP contribution in [0.4, 0.5) is 13.2 Å². The molecule has 1 amide bonds. The fourth-order valence-corrected chi connectivity index (χ4v) is 4.88. The lowest BCUT2D eigenvalue weighted by Crippen LogP contribution is -2.39. The van der Waals surface area contributed by atoms with Gasteiger partial charge in [0.2, 0.25) is 5.91 Å². The number of carbonyl (C=O) groups is 1. The van der Waals surface area contributed by atoms with Crippen molar-refractivity contribution in [3.8, 4) is 5.69 Å². The van der Waals surface area contributed by atoms with Gasteiger partial charge in [0, 0.05) is 30.9 Å². The zero-order valence-corrected chi connectivity index (χ0v) is 20.0. The molecule has 8 heteroatoms. The molecule has 1 fully saturated rings. The average Bonchev–Trinajstić information content (AvgIpc) is 3.00. The van der Waals surface area contributed by atoms with Gasteiger partial charge in [-0.05, 0) is 69.7 Å². The number of halogens is 3. The van der Waals surface area contributed by atoms with Crippen molar-refractivity contribution >= 4 is 5.91 Å². The molecule has 1 aromatic heterocycles. The summed E-state index contributed by atoms with van der Waals surface area (Å²) in [5.74, 6) is 1.40. The molecular weight excluding hydrogens is 429 g/mol. The SMILES string of the molecule is Cc1nn(-c2cccc(C(F)(F)F)c2)c(C)c1CC(=O)NCCCCN1CC(C)CC(C)C1. The highest BCUT2D eigenvalue weighted by molar-refractivity contribution is 5.79. The molecule has 1 N–H and O–H groups in total. The number of unbranched alkanes of at least 4 members (excludes halogenated alkanes) is 1. The zero-order chi connectivity index (χ0) is 24.2. The molecule has 1 saturated heterocycles. The molecule has 2 atom stereocenters. The van der Waals surface area contributed by atoms with Gasteiger partial charge in [0.25, 0.3) is 0 Å². The van der Waals surface area contributed by atoms with Gasteiger partial charge in [-0.15, -0.1) is 0 Å². The Morgan fingerprint density at radius 1 is 1.15 bits per heavy atom. The third kappa shape index (κ3) is 6.82. The van der Waals surface area contributed by atoms with Crippen LogP contribution in [-0.2, 0) is 17.4 Å². The first kappa shape index (κ1) is 25.3. The minimum atomic E-state index is -4.42. The van der Waals surface area contributed by atoms with E-state index in [9.17, 15) is 18.0 Å². The molecule has 0 bridgehead atoms.